The zero-order valence-electron chi connectivity index (χ0n) is 14.5. The summed E-state index contributed by atoms with van der Waals surface area (Å²) in [4.78, 5) is 22.8. The third kappa shape index (κ3) is 2.79. The first kappa shape index (κ1) is 17.4. The molecule has 0 fully saturated rings. The molecule has 1 aromatic heterocycles. The summed E-state index contributed by atoms with van der Waals surface area (Å²) in [5.74, 6) is -0.404. The first-order chi connectivity index (χ1) is 13.5. The van der Waals surface area contributed by atoms with E-state index in [0.717, 1.165) is 0 Å². The number of allylic oxidation sites excluding steroid dienone is 3. The lowest BCUT2D eigenvalue weighted by Crippen LogP contribution is -2.27. The number of Topliss-reactive ketones (excluding diaryl/α,β-unsaturated/α-hetero) is 1. The molecule has 2 aromatic rings. The number of carbonyl (C=O) groups is 1. The molecule has 10 nitrogen and oxygen atoms in total. The van der Waals surface area contributed by atoms with E-state index in [-0.39, 0.29) is 22.9 Å². The molecule has 1 unspecified atom stereocenters. The van der Waals surface area contributed by atoms with E-state index in [9.17, 15) is 20.2 Å². The fraction of sp³-hybridized carbons (Fsp3) is 0.222. The third-order valence-corrected chi connectivity index (χ3v) is 4.74. The summed E-state index contributed by atoms with van der Waals surface area (Å²) in [6.07, 6.45) is 3.17. The van der Waals surface area contributed by atoms with Crippen LogP contribution in [-0.2, 0) is 9.53 Å². The lowest BCUT2D eigenvalue weighted by molar-refractivity contribution is -0.384. The monoisotopic (exact) mass is 378 g/mol. The Kier molecular flexibility index (Phi) is 4.12. The molecule has 1 atom stereocenters. The topological polar surface area (TPSA) is 150 Å². The van der Waals surface area contributed by atoms with E-state index >= 15 is 0 Å². The SMILES string of the molecule is N#CC1=C(N)OC2=C(C(=O)CCC2)C1c1cn(-c2ccc([N+](=O)[O-])cc2)nn1. The lowest BCUT2D eigenvalue weighted by Gasteiger charge is -2.29. The Balaban J connectivity index is 1.76. The van der Waals surface area contributed by atoms with E-state index < -0.39 is 10.8 Å². The summed E-state index contributed by atoms with van der Waals surface area (Å²) in [6.45, 7) is 0. The number of ketones is 1. The summed E-state index contributed by atoms with van der Waals surface area (Å²) in [7, 11) is 0. The zero-order chi connectivity index (χ0) is 19.8. The summed E-state index contributed by atoms with van der Waals surface area (Å²) < 4.78 is 6.94. The van der Waals surface area contributed by atoms with Gasteiger partial charge in [-0.05, 0) is 18.6 Å². The smallest absolute Gasteiger partial charge is 0.269 e. The number of hydrogen-bond acceptors (Lipinski definition) is 8. The highest BCUT2D eigenvalue weighted by Crippen LogP contribution is 2.42. The molecule has 2 aliphatic rings. The van der Waals surface area contributed by atoms with Gasteiger partial charge < -0.3 is 10.5 Å². The molecule has 1 aromatic carbocycles. The molecule has 0 radical (unpaired) electrons. The molecule has 28 heavy (non-hydrogen) atoms. The van der Waals surface area contributed by atoms with E-state index in [1.807, 2.05) is 6.07 Å². The number of nitrogens with two attached hydrogens (primary N) is 1. The van der Waals surface area contributed by atoms with Crippen molar-refractivity contribution in [1.82, 2.24) is 15.0 Å². The van der Waals surface area contributed by atoms with Crippen molar-refractivity contribution >= 4 is 11.5 Å². The zero-order valence-corrected chi connectivity index (χ0v) is 14.5. The Morgan fingerprint density at radius 3 is 2.75 bits per heavy atom. The van der Waals surface area contributed by atoms with Gasteiger partial charge in [-0.2, -0.15) is 5.26 Å². The van der Waals surface area contributed by atoms with Gasteiger partial charge in [-0.15, -0.1) is 5.10 Å². The fourth-order valence-corrected chi connectivity index (χ4v) is 3.41. The molecular formula is C18H14N6O4. The molecule has 4 rings (SSSR count). The van der Waals surface area contributed by atoms with Gasteiger partial charge in [0.05, 0.1) is 28.4 Å². The van der Waals surface area contributed by atoms with Crippen molar-refractivity contribution in [3.8, 4) is 11.8 Å². The van der Waals surface area contributed by atoms with E-state index in [0.29, 0.717) is 42.0 Å². The van der Waals surface area contributed by atoms with Gasteiger partial charge in [0, 0.05) is 30.5 Å². The maximum Gasteiger partial charge on any atom is 0.269 e. The minimum absolute atomic E-state index is 0.0363. The van der Waals surface area contributed by atoms with Crippen LogP contribution >= 0.6 is 0 Å². The molecule has 2 N–H and O–H groups in total. The maximum atomic E-state index is 12.5. The first-order valence-electron chi connectivity index (χ1n) is 8.50. The molecule has 2 heterocycles. The molecule has 140 valence electrons. The van der Waals surface area contributed by atoms with Gasteiger partial charge in [0.15, 0.2) is 5.78 Å². The number of rotatable bonds is 3. The molecule has 0 saturated heterocycles. The first-order valence-corrected chi connectivity index (χ1v) is 8.50. The van der Waals surface area contributed by atoms with Crippen molar-refractivity contribution in [1.29, 1.82) is 5.26 Å². The van der Waals surface area contributed by atoms with E-state index in [1.165, 1.54) is 28.9 Å². The number of hydrogen-bond donors (Lipinski definition) is 1. The number of nitro benzene ring substituents is 1. The van der Waals surface area contributed by atoms with Crippen molar-refractivity contribution in [2.24, 2.45) is 5.73 Å². The molecule has 0 saturated carbocycles. The summed E-state index contributed by atoms with van der Waals surface area (Å²) in [5.41, 5.74) is 7.30. The Hall–Kier alpha value is -4.00. The lowest BCUT2D eigenvalue weighted by atomic mass is 9.80. The number of nitro groups is 1. The van der Waals surface area contributed by atoms with Crippen LogP contribution in [0.25, 0.3) is 5.69 Å². The van der Waals surface area contributed by atoms with Gasteiger partial charge in [0.1, 0.15) is 17.4 Å². The summed E-state index contributed by atoms with van der Waals surface area (Å²) in [6, 6.07) is 7.80. The van der Waals surface area contributed by atoms with E-state index in [4.69, 9.17) is 10.5 Å². The average molecular weight is 378 g/mol. The normalized spacial score (nSPS) is 19.1. The minimum atomic E-state index is -0.742. The van der Waals surface area contributed by atoms with Crippen molar-refractivity contribution in [3.05, 3.63) is 69.1 Å². The molecule has 10 heteroatoms. The Morgan fingerprint density at radius 2 is 2.07 bits per heavy atom. The number of aromatic nitrogens is 3. The van der Waals surface area contributed by atoms with Gasteiger partial charge in [-0.1, -0.05) is 5.21 Å². The number of ether oxygens (including phenoxy) is 1. The number of carbonyl (C=O) groups excluding carboxylic acids is 1. The number of nitriles is 1. The van der Waals surface area contributed by atoms with Crippen LogP contribution in [0.1, 0.15) is 30.9 Å². The Bertz CT molecular complexity index is 1090. The van der Waals surface area contributed by atoms with Gasteiger partial charge >= 0.3 is 0 Å². The summed E-state index contributed by atoms with van der Waals surface area (Å²) >= 11 is 0. The Labute approximate surface area is 158 Å². The number of nitrogens with zero attached hydrogens (tertiary/aromatic N) is 5. The molecule has 1 aliphatic heterocycles. The molecule has 0 spiro atoms. The molecular weight excluding hydrogens is 364 g/mol. The average Bonchev–Trinajstić information content (AvgIpc) is 3.17. The second kappa shape index (κ2) is 6.62. The second-order valence-corrected chi connectivity index (χ2v) is 6.40. The highest BCUT2D eigenvalue weighted by molar-refractivity contribution is 5.99. The molecule has 0 amide bonds. The predicted octanol–water partition coefficient (Wildman–Crippen LogP) is 1.99. The fourth-order valence-electron chi connectivity index (χ4n) is 3.41. The van der Waals surface area contributed by atoms with Crippen LogP contribution in [0, 0.1) is 21.4 Å². The van der Waals surface area contributed by atoms with Gasteiger partial charge in [-0.25, -0.2) is 4.68 Å². The van der Waals surface area contributed by atoms with Crippen LogP contribution in [0.3, 0.4) is 0 Å². The van der Waals surface area contributed by atoms with Crippen LogP contribution in [-0.4, -0.2) is 25.7 Å². The maximum absolute atomic E-state index is 12.5. The van der Waals surface area contributed by atoms with Crippen molar-refractivity contribution in [2.75, 3.05) is 0 Å². The van der Waals surface area contributed by atoms with Gasteiger partial charge in [-0.3, -0.25) is 14.9 Å². The van der Waals surface area contributed by atoms with Crippen molar-refractivity contribution in [3.63, 3.8) is 0 Å². The van der Waals surface area contributed by atoms with Crippen LogP contribution < -0.4 is 5.73 Å². The molecule has 1 aliphatic carbocycles. The van der Waals surface area contributed by atoms with Crippen molar-refractivity contribution < 1.29 is 14.5 Å². The van der Waals surface area contributed by atoms with Crippen molar-refractivity contribution in [2.45, 2.75) is 25.2 Å². The predicted molar refractivity (Wildman–Crippen MR) is 94.5 cm³/mol. The minimum Gasteiger partial charge on any atom is -0.444 e. The third-order valence-electron chi connectivity index (χ3n) is 4.74. The highest BCUT2D eigenvalue weighted by Gasteiger charge is 2.39. The van der Waals surface area contributed by atoms with E-state index in [2.05, 4.69) is 10.3 Å². The Morgan fingerprint density at radius 1 is 1.32 bits per heavy atom. The number of non-ortho nitro benzene ring substituents is 1. The highest BCUT2D eigenvalue weighted by atomic mass is 16.6. The quantitative estimate of drug-likeness (QED) is 0.629. The standard InChI is InChI=1S/C18H14N6O4/c19-8-12-16(17-14(25)2-1-3-15(17)28-18(12)20)13-9-23(22-21-13)10-4-6-11(7-5-10)24(26)27/h4-7,9,16H,1-3,20H2. The number of benzene rings is 1. The summed E-state index contributed by atoms with van der Waals surface area (Å²) in [5, 5.41) is 28.5. The second-order valence-electron chi connectivity index (χ2n) is 6.40. The van der Waals surface area contributed by atoms with Gasteiger partial charge in [0.25, 0.3) is 5.69 Å². The van der Waals surface area contributed by atoms with Gasteiger partial charge in [0.2, 0.25) is 5.88 Å². The van der Waals surface area contributed by atoms with Crippen LogP contribution in [0.2, 0.25) is 0 Å². The molecule has 0 bridgehead atoms. The largest absolute Gasteiger partial charge is 0.444 e. The van der Waals surface area contributed by atoms with Crippen LogP contribution in [0.5, 0.6) is 0 Å². The van der Waals surface area contributed by atoms with E-state index in [1.54, 1.807) is 6.20 Å². The van der Waals surface area contributed by atoms with Crippen LogP contribution in [0.15, 0.2) is 53.3 Å². The van der Waals surface area contributed by atoms with Crippen LogP contribution in [0.4, 0.5) is 5.69 Å².